The Morgan fingerprint density at radius 3 is 2.65 bits per heavy atom. The smallest absolute Gasteiger partial charge is 0.407 e. The molecule has 1 fully saturated rings. The second-order valence-electron chi connectivity index (χ2n) is 9.03. The quantitative estimate of drug-likeness (QED) is 0.760. The molecule has 0 saturated heterocycles. The zero-order chi connectivity index (χ0) is 22.6. The van der Waals surface area contributed by atoms with Gasteiger partial charge in [0.05, 0.1) is 23.4 Å². The Morgan fingerprint density at radius 2 is 1.94 bits per heavy atom. The summed E-state index contributed by atoms with van der Waals surface area (Å²) in [5.74, 6) is 0.0822. The average Bonchev–Trinajstić information content (AvgIpc) is 2.70. The standard InChI is InChI=1S/C23H32N4O4/c1-5-27(14-19-24-17-12-8-6-10-15(17)20(28)26-19)21(29)16-11-7-9-13-18(16)25-22(30)31-23(2,3)4/h6,8,10,12,16,18H,5,7,9,11,13-14H2,1-4H3,(H,25,30)(H,24,26,28)/t16-,18+/m0/s1. The molecule has 1 saturated carbocycles. The molecule has 0 bridgehead atoms. The first kappa shape index (κ1) is 22.8. The number of amides is 2. The molecule has 2 N–H and O–H groups in total. The molecule has 1 aromatic carbocycles. The van der Waals surface area contributed by atoms with Crippen molar-refractivity contribution in [3.8, 4) is 0 Å². The van der Waals surface area contributed by atoms with Crippen molar-refractivity contribution < 1.29 is 14.3 Å². The molecule has 0 spiro atoms. The van der Waals surface area contributed by atoms with Crippen molar-refractivity contribution in [3.63, 3.8) is 0 Å². The molecule has 2 atom stereocenters. The summed E-state index contributed by atoms with van der Waals surface area (Å²) in [6.45, 7) is 8.02. The van der Waals surface area contributed by atoms with E-state index in [1.165, 1.54) is 0 Å². The van der Waals surface area contributed by atoms with Crippen molar-refractivity contribution in [2.24, 2.45) is 5.92 Å². The maximum absolute atomic E-state index is 13.4. The molecule has 168 valence electrons. The van der Waals surface area contributed by atoms with Gasteiger partial charge in [-0.1, -0.05) is 25.0 Å². The van der Waals surface area contributed by atoms with Crippen LogP contribution >= 0.6 is 0 Å². The lowest BCUT2D eigenvalue weighted by Crippen LogP contribution is -2.50. The SMILES string of the molecule is CCN(Cc1nc2ccccc2c(=O)[nH]1)C(=O)[C@H]1CCCC[C@H]1NC(=O)OC(C)(C)C. The third-order valence-electron chi connectivity index (χ3n) is 5.48. The van der Waals surface area contributed by atoms with E-state index in [2.05, 4.69) is 15.3 Å². The molecule has 0 aliphatic heterocycles. The van der Waals surface area contributed by atoms with Crippen molar-refractivity contribution >= 4 is 22.9 Å². The van der Waals surface area contributed by atoms with Crippen molar-refractivity contribution in [2.45, 2.75) is 71.6 Å². The second kappa shape index (κ2) is 9.49. The fourth-order valence-corrected chi connectivity index (χ4v) is 4.03. The highest BCUT2D eigenvalue weighted by molar-refractivity contribution is 5.81. The van der Waals surface area contributed by atoms with Gasteiger partial charge < -0.3 is 19.9 Å². The summed E-state index contributed by atoms with van der Waals surface area (Å²) >= 11 is 0. The van der Waals surface area contributed by atoms with Crippen LogP contribution in [-0.2, 0) is 16.1 Å². The Kier molecular flexibility index (Phi) is 6.97. The van der Waals surface area contributed by atoms with Gasteiger partial charge in [0.2, 0.25) is 5.91 Å². The van der Waals surface area contributed by atoms with Crippen molar-refractivity contribution in [1.29, 1.82) is 0 Å². The van der Waals surface area contributed by atoms with Crippen molar-refractivity contribution in [3.05, 3.63) is 40.4 Å². The highest BCUT2D eigenvalue weighted by atomic mass is 16.6. The molecular weight excluding hydrogens is 396 g/mol. The molecule has 0 radical (unpaired) electrons. The summed E-state index contributed by atoms with van der Waals surface area (Å²) < 4.78 is 5.38. The van der Waals surface area contributed by atoms with E-state index in [9.17, 15) is 14.4 Å². The van der Waals surface area contributed by atoms with Gasteiger partial charge in [-0.25, -0.2) is 9.78 Å². The van der Waals surface area contributed by atoms with Crippen LogP contribution in [0.2, 0.25) is 0 Å². The Morgan fingerprint density at radius 1 is 1.23 bits per heavy atom. The van der Waals surface area contributed by atoms with Gasteiger partial charge in [0, 0.05) is 12.6 Å². The van der Waals surface area contributed by atoms with Gasteiger partial charge in [-0.05, 0) is 52.7 Å². The van der Waals surface area contributed by atoms with Crippen molar-refractivity contribution in [1.82, 2.24) is 20.2 Å². The van der Waals surface area contributed by atoms with Crippen molar-refractivity contribution in [2.75, 3.05) is 6.54 Å². The predicted molar refractivity (Wildman–Crippen MR) is 119 cm³/mol. The predicted octanol–water partition coefficient (Wildman–Crippen LogP) is 3.36. The number of benzene rings is 1. The zero-order valence-corrected chi connectivity index (χ0v) is 18.7. The summed E-state index contributed by atoms with van der Waals surface area (Å²) in [6.07, 6.45) is 2.83. The summed E-state index contributed by atoms with van der Waals surface area (Å²) in [4.78, 5) is 47.0. The number of nitrogens with zero attached hydrogens (tertiary/aromatic N) is 2. The van der Waals surface area contributed by atoms with Crippen LogP contribution in [0.5, 0.6) is 0 Å². The van der Waals surface area contributed by atoms with Crippen LogP contribution in [0.3, 0.4) is 0 Å². The lowest BCUT2D eigenvalue weighted by molar-refractivity contribution is -0.138. The number of H-pyrrole nitrogens is 1. The molecule has 1 heterocycles. The van der Waals surface area contributed by atoms with Crippen LogP contribution in [0, 0.1) is 5.92 Å². The fraction of sp³-hybridized carbons (Fsp3) is 0.565. The van der Waals surface area contributed by atoms with Crippen LogP contribution < -0.4 is 10.9 Å². The van der Waals surface area contributed by atoms with Gasteiger partial charge >= 0.3 is 6.09 Å². The maximum Gasteiger partial charge on any atom is 0.407 e. The van der Waals surface area contributed by atoms with Crippen LogP contribution in [0.1, 0.15) is 59.2 Å². The average molecular weight is 429 g/mol. The number of nitrogens with one attached hydrogen (secondary N) is 2. The van der Waals surface area contributed by atoms with Gasteiger partial charge in [-0.15, -0.1) is 0 Å². The third kappa shape index (κ3) is 5.83. The molecule has 8 nitrogen and oxygen atoms in total. The zero-order valence-electron chi connectivity index (χ0n) is 18.7. The molecule has 2 amide bonds. The van der Waals surface area contributed by atoms with Crippen LogP contribution in [0.4, 0.5) is 4.79 Å². The number of alkyl carbamates (subject to hydrolysis) is 1. The number of ether oxygens (including phenoxy) is 1. The molecular formula is C23H32N4O4. The molecule has 8 heteroatoms. The summed E-state index contributed by atoms with van der Waals surface area (Å²) in [7, 11) is 0. The number of carbonyl (C=O) groups is 2. The van der Waals surface area contributed by atoms with E-state index in [1.807, 2.05) is 33.8 Å². The Bertz CT molecular complexity index is 995. The lowest BCUT2D eigenvalue weighted by atomic mass is 9.83. The number of aromatic nitrogens is 2. The Labute approximate surface area is 182 Å². The second-order valence-corrected chi connectivity index (χ2v) is 9.03. The minimum Gasteiger partial charge on any atom is -0.444 e. The summed E-state index contributed by atoms with van der Waals surface area (Å²) in [5.41, 5.74) is -0.209. The molecule has 1 aliphatic rings. The number of hydrogen-bond donors (Lipinski definition) is 2. The van der Waals surface area contributed by atoms with E-state index in [0.29, 0.717) is 29.7 Å². The number of aromatic amines is 1. The normalized spacial score (nSPS) is 19.1. The molecule has 0 unspecified atom stereocenters. The number of fused-ring (bicyclic) bond motifs is 1. The number of hydrogen-bond acceptors (Lipinski definition) is 5. The van der Waals surface area contributed by atoms with Crippen LogP contribution in [-0.4, -0.2) is 45.1 Å². The van der Waals surface area contributed by atoms with E-state index >= 15 is 0 Å². The molecule has 1 aromatic heterocycles. The van der Waals surface area contributed by atoms with Crippen LogP contribution in [0.15, 0.2) is 29.1 Å². The number of rotatable bonds is 5. The van der Waals surface area contributed by atoms with Crippen LogP contribution in [0.25, 0.3) is 10.9 Å². The van der Waals surface area contributed by atoms with E-state index in [-0.39, 0.29) is 30.0 Å². The highest BCUT2D eigenvalue weighted by Gasteiger charge is 2.35. The van der Waals surface area contributed by atoms with E-state index in [0.717, 1.165) is 19.3 Å². The molecule has 1 aliphatic carbocycles. The molecule has 2 aromatic rings. The Balaban J connectivity index is 1.75. The first-order valence-corrected chi connectivity index (χ1v) is 10.9. The largest absolute Gasteiger partial charge is 0.444 e. The van der Waals surface area contributed by atoms with Gasteiger partial charge in [0.15, 0.2) is 0 Å². The van der Waals surface area contributed by atoms with E-state index < -0.39 is 11.7 Å². The topological polar surface area (TPSA) is 104 Å². The molecule has 3 rings (SSSR count). The fourth-order valence-electron chi connectivity index (χ4n) is 4.03. The first-order chi connectivity index (χ1) is 14.7. The van der Waals surface area contributed by atoms with Gasteiger partial charge in [0.1, 0.15) is 11.4 Å². The highest BCUT2D eigenvalue weighted by Crippen LogP contribution is 2.27. The minimum absolute atomic E-state index is 0.0425. The first-order valence-electron chi connectivity index (χ1n) is 10.9. The van der Waals surface area contributed by atoms with E-state index in [1.54, 1.807) is 23.1 Å². The monoisotopic (exact) mass is 428 g/mol. The number of carbonyl (C=O) groups excluding carboxylic acids is 2. The van der Waals surface area contributed by atoms with Gasteiger partial charge in [0.25, 0.3) is 5.56 Å². The van der Waals surface area contributed by atoms with Gasteiger partial charge in [-0.3, -0.25) is 9.59 Å². The van der Waals surface area contributed by atoms with E-state index in [4.69, 9.17) is 4.74 Å². The third-order valence-corrected chi connectivity index (χ3v) is 5.48. The number of para-hydroxylation sites is 1. The van der Waals surface area contributed by atoms with Gasteiger partial charge in [-0.2, -0.15) is 0 Å². The molecule has 31 heavy (non-hydrogen) atoms. The summed E-state index contributed by atoms with van der Waals surface area (Å²) in [6, 6.07) is 6.86. The maximum atomic E-state index is 13.4. The Hall–Kier alpha value is -2.90. The minimum atomic E-state index is -0.596. The lowest BCUT2D eigenvalue weighted by Gasteiger charge is -2.35. The summed E-state index contributed by atoms with van der Waals surface area (Å²) in [5, 5.41) is 3.42.